The molecule has 2 aliphatic rings. The zero-order chi connectivity index (χ0) is 19.8. The van der Waals surface area contributed by atoms with E-state index in [0.717, 1.165) is 5.56 Å². The number of halogens is 1. The topological polar surface area (TPSA) is 69.4 Å². The average molecular weight is 394 g/mol. The van der Waals surface area contributed by atoms with Crippen LogP contribution in [-0.2, 0) is 9.53 Å². The fourth-order valence-electron chi connectivity index (χ4n) is 3.86. The van der Waals surface area contributed by atoms with E-state index in [1.54, 1.807) is 18.2 Å². The Bertz CT molecular complexity index is 1030. The van der Waals surface area contributed by atoms with Crippen molar-refractivity contribution >= 4 is 23.2 Å². The Morgan fingerprint density at radius 1 is 1.11 bits per heavy atom. The molecule has 0 spiro atoms. The number of Topliss-reactive ketones (excluding diaryl/α,β-unsaturated/α-hetero) is 2. The lowest BCUT2D eigenvalue weighted by Crippen LogP contribution is -2.31. The van der Waals surface area contributed by atoms with Crippen LogP contribution in [0, 0.1) is 6.92 Å². The predicted octanol–water partition coefficient (Wildman–Crippen LogP) is 4.82. The Morgan fingerprint density at radius 3 is 2.54 bits per heavy atom. The van der Waals surface area contributed by atoms with Gasteiger partial charge < -0.3 is 10.5 Å². The maximum atomic E-state index is 13.4. The van der Waals surface area contributed by atoms with Gasteiger partial charge in [0.15, 0.2) is 17.4 Å². The molecular formula is C23H20ClNO3. The summed E-state index contributed by atoms with van der Waals surface area (Å²) in [6.45, 7) is 1.95. The Morgan fingerprint density at radius 2 is 1.82 bits per heavy atom. The van der Waals surface area contributed by atoms with Crippen molar-refractivity contribution in [3.8, 4) is 0 Å². The van der Waals surface area contributed by atoms with Gasteiger partial charge in [-0.05, 0) is 25.0 Å². The van der Waals surface area contributed by atoms with Crippen molar-refractivity contribution in [2.24, 2.45) is 5.73 Å². The van der Waals surface area contributed by atoms with Gasteiger partial charge in [-0.1, -0.05) is 59.6 Å². The number of benzene rings is 2. The molecule has 0 saturated heterocycles. The first kappa shape index (κ1) is 18.5. The SMILES string of the molecule is Cc1ccc(C(=O)C2=C(N)OC3=C(C(=O)CCC3)[C@H]2c2ccccc2Cl)cc1. The van der Waals surface area contributed by atoms with Crippen molar-refractivity contribution in [3.05, 3.63) is 93.0 Å². The van der Waals surface area contributed by atoms with E-state index < -0.39 is 5.92 Å². The molecule has 142 valence electrons. The third-order valence-corrected chi connectivity index (χ3v) is 5.60. The number of carbonyl (C=O) groups is 2. The molecule has 1 heterocycles. The molecule has 0 amide bonds. The molecule has 0 fully saturated rings. The molecule has 0 saturated carbocycles. The molecule has 5 heteroatoms. The minimum absolute atomic E-state index is 0.0205. The Labute approximate surface area is 168 Å². The van der Waals surface area contributed by atoms with Crippen LogP contribution in [0.4, 0.5) is 0 Å². The van der Waals surface area contributed by atoms with Crippen LogP contribution >= 0.6 is 11.6 Å². The first-order chi connectivity index (χ1) is 13.5. The average Bonchev–Trinajstić information content (AvgIpc) is 2.68. The van der Waals surface area contributed by atoms with Gasteiger partial charge in [-0.2, -0.15) is 0 Å². The molecule has 2 aromatic rings. The second kappa shape index (κ2) is 7.28. The quantitative estimate of drug-likeness (QED) is 0.759. The molecule has 2 N–H and O–H groups in total. The standard InChI is InChI=1S/C23H20ClNO3/c1-13-9-11-14(12-10-13)22(27)21-19(15-5-2-3-6-16(15)24)20-17(26)7-4-8-18(20)28-23(21)25/h2-3,5-6,9-12,19H,4,7-8,25H2,1H3/t19-/m1/s1. The second-order valence-corrected chi connectivity index (χ2v) is 7.55. The summed E-state index contributed by atoms with van der Waals surface area (Å²) in [6, 6.07) is 14.5. The second-order valence-electron chi connectivity index (χ2n) is 7.14. The third kappa shape index (κ3) is 3.14. The highest BCUT2D eigenvalue weighted by Crippen LogP contribution is 2.46. The highest BCUT2D eigenvalue weighted by atomic mass is 35.5. The van der Waals surface area contributed by atoms with Crippen LogP contribution in [0.15, 0.2) is 71.3 Å². The highest BCUT2D eigenvalue weighted by Gasteiger charge is 2.41. The third-order valence-electron chi connectivity index (χ3n) is 5.26. The number of ketones is 2. The zero-order valence-electron chi connectivity index (χ0n) is 15.5. The van der Waals surface area contributed by atoms with Crippen LogP contribution in [0.1, 0.15) is 46.7 Å². The number of hydrogen-bond acceptors (Lipinski definition) is 4. The fraction of sp³-hybridized carbons (Fsp3) is 0.217. The molecule has 28 heavy (non-hydrogen) atoms. The van der Waals surface area contributed by atoms with E-state index in [4.69, 9.17) is 22.1 Å². The molecular weight excluding hydrogens is 374 g/mol. The fourth-order valence-corrected chi connectivity index (χ4v) is 4.11. The summed E-state index contributed by atoms with van der Waals surface area (Å²) in [5, 5.41) is 0.488. The Kier molecular flexibility index (Phi) is 4.82. The number of nitrogens with two attached hydrogens (primary N) is 1. The van der Waals surface area contributed by atoms with Gasteiger partial charge in [-0.25, -0.2) is 0 Å². The van der Waals surface area contributed by atoms with Gasteiger partial charge in [-0.3, -0.25) is 9.59 Å². The van der Waals surface area contributed by atoms with Crippen LogP contribution in [0.2, 0.25) is 5.02 Å². The summed E-state index contributed by atoms with van der Waals surface area (Å²) in [6.07, 6.45) is 1.76. The summed E-state index contributed by atoms with van der Waals surface area (Å²) in [5.41, 5.74) is 9.23. The number of rotatable bonds is 3. The number of carbonyl (C=O) groups excluding carboxylic acids is 2. The Balaban J connectivity index is 1.90. The smallest absolute Gasteiger partial charge is 0.198 e. The summed E-state index contributed by atoms with van der Waals surface area (Å²) >= 11 is 6.47. The van der Waals surface area contributed by atoms with E-state index in [0.29, 0.717) is 46.7 Å². The lowest BCUT2D eigenvalue weighted by molar-refractivity contribution is -0.116. The van der Waals surface area contributed by atoms with Crippen LogP contribution < -0.4 is 5.73 Å². The van der Waals surface area contributed by atoms with Crippen LogP contribution in [0.25, 0.3) is 0 Å². The minimum atomic E-state index is -0.626. The number of aryl methyl sites for hydroxylation is 1. The number of ether oxygens (including phenoxy) is 1. The monoisotopic (exact) mass is 393 g/mol. The molecule has 1 atom stereocenters. The first-order valence-corrected chi connectivity index (χ1v) is 9.64. The summed E-state index contributed by atoms with van der Waals surface area (Å²) in [4.78, 5) is 26.2. The summed E-state index contributed by atoms with van der Waals surface area (Å²) < 4.78 is 5.78. The van der Waals surface area contributed by atoms with Crippen molar-refractivity contribution in [2.45, 2.75) is 32.1 Å². The zero-order valence-corrected chi connectivity index (χ0v) is 16.3. The lowest BCUT2D eigenvalue weighted by Gasteiger charge is -2.33. The van der Waals surface area contributed by atoms with E-state index in [9.17, 15) is 9.59 Å². The van der Waals surface area contributed by atoms with Crippen LogP contribution in [0.3, 0.4) is 0 Å². The molecule has 1 aliphatic carbocycles. The predicted molar refractivity (Wildman–Crippen MR) is 108 cm³/mol. The Hall–Kier alpha value is -2.85. The van der Waals surface area contributed by atoms with E-state index >= 15 is 0 Å². The van der Waals surface area contributed by atoms with Crippen molar-refractivity contribution in [2.75, 3.05) is 0 Å². The van der Waals surface area contributed by atoms with Gasteiger partial charge in [0.05, 0.1) is 11.5 Å². The maximum Gasteiger partial charge on any atom is 0.198 e. The van der Waals surface area contributed by atoms with E-state index in [1.807, 2.05) is 37.3 Å². The van der Waals surface area contributed by atoms with E-state index in [2.05, 4.69) is 0 Å². The van der Waals surface area contributed by atoms with Crippen LogP contribution in [-0.4, -0.2) is 11.6 Å². The van der Waals surface area contributed by atoms with Gasteiger partial charge in [0.2, 0.25) is 0 Å². The summed E-state index contributed by atoms with van der Waals surface area (Å²) in [7, 11) is 0. The minimum Gasteiger partial charge on any atom is -0.445 e. The molecule has 1 aliphatic heterocycles. The van der Waals surface area contributed by atoms with Crippen molar-refractivity contribution < 1.29 is 14.3 Å². The molecule has 0 aromatic heterocycles. The first-order valence-electron chi connectivity index (χ1n) is 9.27. The van der Waals surface area contributed by atoms with Crippen LogP contribution in [0.5, 0.6) is 0 Å². The maximum absolute atomic E-state index is 13.4. The van der Waals surface area contributed by atoms with Gasteiger partial charge in [-0.15, -0.1) is 0 Å². The van der Waals surface area contributed by atoms with Crippen molar-refractivity contribution in [3.63, 3.8) is 0 Å². The molecule has 0 bridgehead atoms. The molecule has 4 rings (SSSR count). The van der Waals surface area contributed by atoms with Crippen molar-refractivity contribution in [1.82, 2.24) is 0 Å². The van der Waals surface area contributed by atoms with Gasteiger partial charge in [0, 0.05) is 29.0 Å². The number of hydrogen-bond donors (Lipinski definition) is 1. The van der Waals surface area contributed by atoms with Gasteiger partial charge in [0.25, 0.3) is 0 Å². The number of allylic oxidation sites excluding steroid dienone is 3. The van der Waals surface area contributed by atoms with Crippen molar-refractivity contribution in [1.29, 1.82) is 0 Å². The van der Waals surface area contributed by atoms with E-state index in [1.165, 1.54) is 0 Å². The molecule has 4 nitrogen and oxygen atoms in total. The molecule has 0 unspecified atom stereocenters. The highest BCUT2D eigenvalue weighted by molar-refractivity contribution is 6.31. The normalized spacial score (nSPS) is 19.4. The summed E-state index contributed by atoms with van der Waals surface area (Å²) in [5.74, 6) is -0.303. The van der Waals surface area contributed by atoms with Gasteiger partial charge >= 0.3 is 0 Å². The molecule has 0 radical (unpaired) electrons. The van der Waals surface area contributed by atoms with E-state index in [-0.39, 0.29) is 23.0 Å². The molecule has 2 aromatic carbocycles. The lowest BCUT2D eigenvalue weighted by atomic mass is 9.75. The largest absolute Gasteiger partial charge is 0.445 e. The van der Waals surface area contributed by atoms with Gasteiger partial charge in [0.1, 0.15) is 5.76 Å².